The normalized spacial score (nSPS) is 10.0. The molecule has 0 aliphatic heterocycles. The zero-order valence-corrected chi connectivity index (χ0v) is 9.68. The van der Waals surface area contributed by atoms with E-state index in [9.17, 15) is 0 Å². The van der Waals surface area contributed by atoms with Crippen LogP contribution in [0.5, 0.6) is 5.75 Å². The minimum Gasteiger partial charge on any atom is -0.497 e. The first-order valence-electron chi connectivity index (χ1n) is 4.89. The van der Waals surface area contributed by atoms with Gasteiger partial charge in [-0.2, -0.15) is 0 Å². The predicted molar refractivity (Wildman–Crippen MR) is 64.6 cm³/mol. The van der Waals surface area contributed by atoms with Crippen molar-refractivity contribution in [2.24, 2.45) is 0 Å². The summed E-state index contributed by atoms with van der Waals surface area (Å²) < 4.78 is 5.14. The van der Waals surface area contributed by atoms with E-state index in [0.29, 0.717) is 11.6 Å². The monoisotopic (exact) mass is 225 g/mol. The molecule has 0 unspecified atom stereocenters. The highest BCUT2D eigenvalue weighted by Gasteiger charge is 1.95. The third-order valence-corrected chi connectivity index (χ3v) is 2.18. The molecule has 82 valence electrons. The highest BCUT2D eigenvalue weighted by atomic mass is 35.5. The van der Waals surface area contributed by atoms with Crippen molar-refractivity contribution in [3.8, 4) is 5.75 Å². The van der Waals surface area contributed by atoms with Crippen molar-refractivity contribution in [1.29, 1.82) is 0 Å². The zero-order valence-electron chi connectivity index (χ0n) is 8.92. The molecule has 2 nitrogen and oxygen atoms in total. The Kier molecular flexibility index (Phi) is 5.22. The minimum absolute atomic E-state index is 0.639. The fourth-order valence-corrected chi connectivity index (χ4v) is 1.38. The molecule has 0 radical (unpaired) electrons. The van der Waals surface area contributed by atoms with Gasteiger partial charge in [0, 0.05) is 11.6 Å². The van der Waals surface area contributed by atoms with Crippen LogP contribution in [-0.2, 0) is 6.42 Å². The summed E-state index contributed by atoms with van der Waals surface area (Å²) in [6.07, 6.45) is 0.960. The van der Waals surface area contributed by atoms with E-state index in [1.165, 1.54) is 5.56 Å². The average molecular weight is 226 g/mol. The van der Waals surface area contributed by atoms with Gasteiger partial charge in [0.2, 0.25) is 0 Å². The van der Waals surface area contributed by atoms with Gasteiger partial charge in [-0.05, 0) is 30.7 Å². The lowest BCUT2D eigenvalue weighted by Crippen LogP contribution is -2.18. The van der Waals surface area contributed by atoms with Crippen LogP contribution in [0.15, 0.2) is 35.9 Å². The number of ether oxygens (including phenoxy) is 1. The highest BCUT2D eigenvalue weighted by Crippen LogP contribution is 2.12. The number of methoxy groups -OCH3 is 1. The zero-order chi connectivity index (χ0) is 11.1. The van der Waals surface area contributed by atoms with Gasteiger partial charge in [-0.15, -0.1) is 0 Å². The second kappa shape index (κ2) is 6.49. The molecular weight excluding hydrogens is 210 g/mol. The number of hydrogen-bond donors (Lipinski definition) is 1. The van der Waals surface area contributed by atoms with Crippen molar-refractivity contribution in [2.45, 2.75) is 6.42 Å². The smallest absolute Gasteiger partial charge is 0.119 e. The van der Waals surface area contributed by atoms with Crippen LogP contribution < -0.4 is 10.1 Å². The molecule has 0 fully saturated rings. The first kappa shape index (κ1) is 12.1. The molecule has 3 heteroatoms. The molecule has 1 aromatic rings. The molecule has 0 spiro atoms. The maximum atomic E-state index is 5.63. The van der Waals surface area contributed by atoms with Crippen LogP contribution in [0.4, 0.5) is 0 Å². The first-order chi connectivity index (χ1) is 7.22. The SMILES string of the molecule is C=C(Cl)CNCCc1cccc(OC)c1. The molecule has 0 heterocycles. The number of nitrogens with one attached hydrogen (secondary N) is 1. The summed E-state index contributed by atoms with van der Waals surface area (Å²) in [6, 6.07) is 8.06. The van der Waals surface area contributed by atoms with E-state index in [-0.39, 0.29) is 0 Å². The van der Waals surface area contributed by atoms with Crippen molar-refractivity contribution in [3.63, 3.8) is 0 Å². The molecule has 0 aliphatic carbocycles. The van der Waals surface area contributed by atoms with Gasteiger partial charge < -0.3 is 10.1 Å². The van der Waals surface area contributed by atoms with Crippen molar-refractivity contribution >= 4 is 11.6 Å². The molecule has 1 aromatic carbocycles. The number of rotatable bonds is 6. The Bertz CT molecular complexity index is 325. The fraction of sp³-hybridized carbons (Fsp3) is 0.333. The maximum absolute atomic E-state index is 5.63. The van der Waals surface area contributed by atoms with Crippen LogP contribution in [-0.4, -0.2) is 20.2 Å². The average Bonchev–Trinajstić information content (AvgIpc) is 2.24. The van der Waals surface area contributed by atoms with Crippen molar-refractivity contribution in [2.75, 3.05) is 20.2 Å². The third-order valence-electron chi connectivity index (χ3n) is 2.04. The van der Waals surface area contributed by atoms with E-state index < -0.39 is 0 Å². The number of benzene rings is 1. The van der Waals surface area contributed by atoms with Gasteiger partial charge in [-0.25, -0.2) is 0 Å². The van der Waals surface area contributed by atoms with Gasteiger partial charge in [-0.1, -0.05) is 30.3 Å². The van der Waals surface area contributed by atoms with E-state index in [4.69, 9.17) is 16.3 Å². The van der Waals surface area contributed by atoms with E-state index in [1.54, 1.807) is 7.11 Å². The molecule has 0 aliphatic rings. The summed E-state index contributed by atoms with van der Waals surface area (Å²) in [6.45, 7) is 5.16. The molecule has 15 heavy (non-hydrogen) atoms. The molecule has 0 saturated heterocycles. The van der Waals surface area contributed by atoms with Crippen LogP contribution in [0.3, 0.4) is 0 Å². The van der Waals surface area contributed by atoms with Crippen molar-refractivity contribution < 1.29 is 4.74 Å². The lowest BCUT2D eigenvalue weighted by molar-refractivity contribution is 0.414. The van der Waals surface area contributed by atoms with Gasteiger partial charge in [0.05, 0.1) is 7.11 Å². The molecule has 0 bridgehead atoms. The molecule has 0 saturated carbocycles. The van der Waals surface area contributed by atoms with Crippen LogP contribution in [0.2, 0.25) is 0 Å². The summed E-state index contributed by atoms with van der Waals surface area (Å²) in [7, 11) is 1.68. The lowest BCUT2D eigenvalue weighted by atomic mass is 10.1. The third kappa shape index (κ3) is 4.86. The van der Waals surface area contributed by atoms with Crippen LogP contribution in [0.25, 0.3) is 0 Å². The quantitative estimate of drug-likeness (QED) is 0.752. The van der Waals surface area contributed by atoms with Crippen LogP contribution >= 0.6 is 11.6 Å². The predicted octanol–water partition coefficient (Wildman–Crippen LogP) is 2.58. The number of hydrogen-bond acceptors (Lipinski definition) is 2. The standard InChI is InChI=1S/C12H16ClNO/c1-10(13)9-14-7-6-11-4-3-5-12(8-11)15-2/h3-5,8,14H,1,6-7,9H2,2H3. The fourth-order valence-electron chi connectivity index (χ4n) is 1.28. The highest BCUT2D eigenvalue weighted by molar-refractivity contribution is 6.29. The maximum Gasteiger partial charge on any atom is 0.119 e. The largest absolute Gasteiger partial charge is 0.497 e. The second-order valence-electron chi connectivity index (χ2n) is 3.30. The summed E-state index contributed by atoms with van der Waals surface area (Å²) >= 11 is 5.63. The van der Waals surface area contributed by atoms with Gasteiger partial charge in [0.15, 0.2) is 0 Å². The molecule has 0 amide bonds. The van der Waals surface area contributed by atoms with E-state index in [2.05, 4.69) is 18.0 Å². The molecule has 0 atom stereocenters. The topological polar surface area (TPSA) is 21.3 Å². The van der Waals surface area contributed by atoms with Gasteiger partial charge in [0.25, 0.3) is 0 Å². The first-order valence-corrected chi connectivity index (χ1v) is 5.27. The van der Waals surface area contributed by atoms with Gasteiger partial charge >= 0.3 is 0 Å². The molecule has 0 aromatic heterocycles. The Morgan fingerprint density at radius 2 is 2.33 bits per heavy atom. The van der Waals surface area contributed by atoms with Crippen molar-refractivity contribution in [1.82, 2.24) is 5.32 Å². The minimum atomic E-state index is 0.639. The Balaban J connectivity index is 2.33. The van der Waals surface area contributed by atoms with E-state index in [1.807, 2.05) is 18.2 Å². The Labute approximate surface area is 95.9 Å². The summed E-state index contributed by atoms with van der Waals surface area (Å²) in [5, 5.41) is 3.84. The lowest BCUT2D eigenvalue weighted by Gasteiger charge is -2.05. The van der Waals surface area contributed by atoms with Crippen LogP contribution in [0.1, 0.15) is 5.56 Å². The summed E-state index contributed by atoms with van der Waals surface area (Å²) in [5.41, 5.74) is 1.25. The van der Waals surface area contributed by atoms with Crippen LogP contribution in [0, 0.1) is 0 Å². The Hall–Kier alpha value is -0.990. The van der Waals surface area contributed by atoms with E-state index >= 15 is 0 Å². The Morgan fingerprint density at radius 3 is 3.00 bits per heavy atom. The number of halogens is 1. The summed E-state index contributed by atoms with van der Waals surface area (Å²) in [4.78, 5) is 0. The summed E-state index contributed by atoms with van der Waals surface area (Å²) in [5.74, 6) is 0.897. The van der Waals surface area contributed by atoms with Crippen molar-refractivity contribution in [3.05, 3.63) is 41.4 Å². The van der Waals surface area contributed by atoms with Gasteiger partial charge in [0.1, 0.15) is 5.75 Å². The molecule has 1 N–H and O–H groups in total. The Morgan fingerprint density at radius 1 is 1.53 bits per heavy atom. The molecule has 1 rings (SSSR count). The second-order valence-corrected chi connectivity index (χ2v) is 3.83. The van der Waals surface area contributed by atoms with E-state index in [0.717, 1.165) is 18.7 Å². The van der Waals surface area contributed by atoms with Gasteiger partial charge in [-0.3, -0.25) is 0 Å². The molecular formula is C12H16ClNO.